The van der Waals surface area contributed by atoms with Crippen LogP contribution in [0.3, 0.4) is 0 Å². The van der Waals surface area contributed by atoms with Crippen molar-refractivity contribution in [3.63, 3.8) is 0 Å². The first-order chi connectivity index (χ1) is 9.83. The van der Waals surface area contributed by atoms with Crippen molar-refractivity contribution in [2.45, 2.75) is 11.4 Å². The quantitative estimate of drug-likeness (QED) is 0.835. The lowest BCUT2D eigenvalue weighted by atomic mass is 10.2. The van der Waals surface area contributed by atoms with Crippen molar-refractivity contribution in [1.82, 2.24) is 0 Å². The summed E-state index contributed by atoms with van der Waals surface area (Å²) in [6, 6.07) is 8.26. The second kappa shape index (κ2) is 6.31. The Morgan fingerprint density at radius 1 is 1.24 bits per heavy atom. The number of hydrogen-bond acceptors (Lipinski definition) is 3. The van der Waals surface area contributed by atoms with Gasteiger partial charge in [-0.15, -0.1) is 0 Å². The molecule has 0 aliphatic rings. The number of sulfonamides is 1. The number of nitrogens with one attached hydrogen (secondary N) is 1. The Bertz CT molecular complexity index is 784. The summed E-state index contributed by atoms with van der Waals surface area (Å²) >= 11 is 8.98. The molecule has 8 heteroatoms. The van der Waals surface area contributed by atoms with Gasteiger partial charge < -0.3 is 5.73 Å². The second-order valence-electron chi connectivity index (χ2n) is 4.20. The van der Waals surface area contributed by atoms with Gasteiger partial charge in [-0.1, -0.05) is 17.7 Å². The van der Waals surface area contributed by atoms with Crippen molar-refractivity contribution in [3.8, 4) is 0 Å². The molecule has 0 amide bonds. The van der Waals surface area contributed by atoms with Gasteiger partial charge in [-0.05, 0) is 51.8 Å². The second-order valence-corrected chi connectivity index (χ2v) is 7.14. The molecule has 0 spiro atoms. The van der Waals surface area contributed by atoms with E-state index in [0.29, 0.717) is 15.1 Å². The van der Waals surface area contributed by atoms with Crippen molar-refractivity contribution >= 4 is 43.2 Å². The van der Waals surface area contributed by atoms with Gasteiger partial charge in [0.05, 0.1) is 5.69 Å². The third-order valence-corrected chi connectivity index (χ3v) is 4.97. The van der Waals surface area contributed by atoms with E-state index in [-0.39, 0.29) is 12.2 Å². The van der Waals surface area contributed by atoms with Crippen LogP contribution in [0, 0.1) is 5.82 Å². The van der Waals surface area contributed by atoms with Crippen LogP contribution < -0.4 is 10.5 Å². The fraction of sp³-hybridized carbons (Fsp3) is 0.0769. The van der Waals surface area contributed by atoms with E-state index in [1.165, 1.54) is 30.3 Å². The van der Waals surface area contributed by atoms with E-state index >= 15 is 0 Å². The molecule has 0 saturated carbocycles. The van der Waals surface area contributed by atoms with Crippen LogP contribution in [-0.4, -0.2) is 8.42 Å². The van der Waals surface area contributed by atoms with Crippen LogP contribution >= 0.6 is 27.5 Å². The monoisotopic (exact) mass is 392 g/mol. The molecule has 0 atom stereocenters. The summed E-state index contributed by atoms with van der Waals surface area (Å²) in [7, 11) is -4.07. The predicted octanol–water partition coefficient (Wildman–Crippen LogP) is 3.50. The van der Waals surface area contributed by atoms with Crippen LogP contribution in [0.5, 0.6) is 0 Å². The molecule has 0 heterocycles. The van der Waals surface area contributed by atoms with E-state index in [4.69, 9.17) is 17.3 Å². The molecule has 3 N–H and O–H groups in total. The summed E-state index contributed by atoms with van der Waals surface area (Å²) in [5.41, 5.74) is 6.23. The standard InChI is InChI=1S/C13H11BrClFN2O2S/c14-10-6-9(15)2-4-12(10)18-21(19,20)13-5-8(7-17)1-3-11(13)16/h1-6,18H,7,17H2. The highest BCUT2D eigenvalue weighted by Crippen LogP contribution is 2.28. The van der Waals surface area contributed by atoms with E-state index in [1.54, 1.807) is 0 Å². The number of rotatable bonds is 4. The average molecular weight is 394 g/mol. The minimum Gasteiger partial charge on any atom is -0.326 e. The highest BCUT2D eigenvalue weighted by Gasteiger charge is 2.20. The minimum atomic E-state index is -4.07. The number of nitrogens with two attached hydrogens (primary N) is 1. The van der Waals surface area contributed by atoms with Gasteiger partial charge in [0.2, 0.25) is 0 Å². The van der Waals surface area contributed by atoms with Gasteiger partial charge in [0.15, 0.2) is 0 Å². The molecular weight excluding hydrogens is 383 g/mol. The van der Waals surface area contributed by atoms with Crippen LogP contribution in [0.2, 0.25) is 5.02 Å². The lowest BCUT2D eigenvalue weighted by molar-refractivity contribution is 0.569. The van der Waals surface area contributed by atoms with E-state index in [1.807, 2.05) is 0 Å². The predicted molar refractivity (Wildman–Crippen MR) is 84.3 cm³/mol. The smallest absolute Gasteiger partial charge is 0.264 e. The largest absolute Gasteiger partial charge is 0.326 e. The fourth-order valence-electron chi connectivity index (χ4n) is 1.65. The maximum absolute atomic E-state index is 13.8. The van der Waals surface area contributed by atoms with Crippen molar-refractivity contribution in [1.29, 1.82) is 0 Å². The first kappa shape index (κ1) is 16.2. The summed E-state index contributed by atoms with van der Waals surface area (Å²) in [5.74, 6) is -0.843. The Morgan fingerprint density at radius 2 is 1.95 bits per heavy atom. The van der Waals surface area contributed by atoms with Crippen molar-refractivity contribution in [2.75, 3.05) is 4.72 Å². The zero-order valence-corrected chi connectivity index (χ0v) is 13.8. The highest BCUT2D eigenvalue weighted by atomic mass is 79.9. The molecule has 2 rings (SSSR count). The van der Waals surface area contributed by atoms with Gasteiger partial charge in [0.25, 0.3) is 10.0 Å². The van der Waals surface area contributed by atoms with Crippen LogP contribution in [-0.2, 0) is 16.6 Å². The maximum atomic E-state index is 13.8. The molecule has 4 nitrogen and oxygen atoms in total. The molecule has 112 valence electrons. The molecule has 0 bridgehead atoms. The highest BCUT2D eigenvalue weighted by molar-refractivity contribution is 9.10. The summed E-state index contributed by atoms with van der Waals surface area (Å²) in [6.07, 6.45) is 0. The molecule has 2 aromatic rings. The Morgan fingerprint density at radius 3 is 2.57 bits per heavy atom. The fourth-order valence-corrected chi connectivity index (χ4v) is 3.77. The van der Waals surface area contributed by atoms with Gasteiger partial charge in [-0.2, -0.15) is 0 Å². The lowest BCUT2D eigenvalue weighted by Crippen LogP contribution is -2.15. The lowest BCUT2D eigenvalue weighted by Gasteiger charge is -2.11. The molecule has 0 fully saturated rings. The summed E-state index contributed by atoms with van der Waals surface area (Å²) in [6.45, 7) is 0.118. The van der Waals surface area contributed by atoms with Gasteiger partial charge in [-0.3, -0.25) is 4.72 Å². The van der Waals surface area contributed by atoms with E-state index in [0.717, 1.165) is 6.07 Å². The topological polar surface area (TPSA) is 72.2 Å². The number of benzene rings is 2. The SMILES string of the molecule is NCc1ccc(F)c(S(=O)(=O)Nc2ccc(Cl)cc2Br)c1. The average Bonchev–Trinajstić information content (AvgIpc) is 2.42. The molecule has 2 aromatic carbocycles. The third kappa shape index (κ3) is 3.74. The number of hydrogen-bond donors (Lipinski definition) is 2. The molecule has 0 aliphatic carbocycles. The van der Waals surface area contributed by atoms with Crippen LogP contribution in [0.15, 0.2) is 45.8 Å². The Labute approximate surface area is 135 Å². The first-order valence-corrected chi connectivity index (χ1v) is 8.45. The van der Waals surface area contributed by atoms with Crippen molar-refractivity contribution in [2.24, 2.45) is 5.73 Å². The van der Waals surface area contributed by atoms with E-state index in [9.17, 15) is 12.8 Å². The molecular formula is C13H11BrClFN2O2S. The number of anilines is 1. The molecule has 0 saturated heterocycles. The van der Waals surface area contributed by atoms with Crippen LogP contribution in [0.25, 0.3) is 0 Å². The first-order valence-electron chi connectivity index (χ1n) is 5.80. The van der Waals surface area contributed by atoms with E-state index < -0.39 is 20.7 Å². The zero-order valence-electron chi connectivity index (χ0n) is 10.6. The van der Waals surface area contributed by atoms with Crippen LogP contribution in [0.4, 0.5) is 10.1 Å². The van der Waals surface area contributed by atoms with Gasteiger partial charge in [0.1, 0.15) is 10.7 Å². The normalized spacial score (nSPS) is 11.4. The Hall–Kier alpha value is -1.15. The molecule has 0 unspecified atom stereocenters. The van der Waals surface area contributed by atoms with E-state index in [2.05, 4.69) is 20.7 Å². The third-order valence-electron chi connectivity index (χ3n) is 2.70. The van der Waals surface area contributed by atoms with Gasteiger partial charge >= 0.3 is 0 Å². The zero-order chi connectivity index (χ0) is 15.6. The van der Waals surface area contributed by atoms with Gasteiger partial charge in [-0.25, -0.2) is 12.8 Å². The van der Waals surface area contributed by atoms with Crippen molar-refractivity contribution < 1.29 is 12.8 Å². The van der Waals surface area contributed by atoms with Crippen molar-refractivity contribution in [3.05, 3.63) is 57.3 Å². The van der Waals surface area contributed by atoms with Gasteiger partial charge in [0, 0.05) is 16.0 Å². The molecule has 0 aliphatic heterocycles. The summed E-state index contributed by atoms with van der Waals surface area (Å²) < 4.78 is 41.1. The summed E-state index contributed by atoms with van der Waals surface area (Å²) in [5, 5.41) is 0.445. The molecule has 0 aromatic heterocycles. The minimum absolute atomic E-state index is 0.118. The number of halogens is 3. The molecule has 0 radical (unpaired) electrons. The van der Waals surface area contributed by atoms with Crippen LogP contribution in [0.1, 0.15) is 5.56 Å². The maximum Gasteiger partial charge on any atom is 0.264 e. The Kier molecular flexibility index (Phi) is 4.88. The Balaban J connectivity index is 2.43. The molecule has 21 heavy (non-hydrogen) atoms. The summed E-state index contributed by atoms with van der Waals surface area (Å²) in [4.78, 5) is -0.452.